The highest BCUT2D eigenvalue weighted by Crippen LogP contribution is 2.33. The predicted octanol–water partition coefficient (Wildman–Crippen LogP) is 1.48. The first-order valence-corrected chi connectivity index (χ1v) is 9.47. The summed E-state index contributed by atoms with van der Waals surface area (Å²) in [6.07, 6.45) is 0. The van der Waals surface area contributed by atoms with E-state index in [1.54, 1.807) is 31.2 Å². The van der Waals surface area contributed by atoms with Crippen molar-refractivity contribution in [3.63, 3.8) is 0 Å². The molecule has 2 amide bonds. The minimum absolute atomic E-state index is 0.0469. The van der Waals surface area contributed by atoms with Crippen LogP contribution in [0.1, 0.15) is 40.5 Å². The molecule has 2 atom stereocenters. The van der Waals surface area contributed by atoms with Gasteiger partial charge in [0.2, 0.25) is 5.91 Å². The zero-order valence-electron chi connectivity index (χ0n) is 16.5. The standard InChI is InChI=1S/C21H19FN6O3/c1-10-17(20(30)25-9-16-27-21(19(24)29)31-28-16)14-6-5-12(8-15(14)18(23)26-10)11-3-2-4-13(22)7-11/h2-8,10,17H,9H2,1H3,(H2,23,26)(H2,24,29)(H,25,30). The summed E-state index contributed by atoms with van der Waals surface area (Å²) >= 11 is 0. The molecule has 1 aromatic heterocycles. The highest BCUT2D eigenvalue weighted by Gasteiger charge is 2.33. The molecule has 0 saturated heterocycles. The van der Waals surface area contributed by atoms with Crippen LogP contribution in [-0.4, -0.2) is 33.8 Å². The van der Waals surface area contributed by atoms with Gasteiger partial charge in [0.15, 0.2) is 5.82 Å². The molecule has 2 heterocycles. The van der Waals surface area contributed by atoms with Crippen molar-refractivity contribution in [2.45, 2.75) is 25.4 Å². The van der Waals surface area contributed by atoms with Crippen LogP contribution in [-0.2, 0) is 11.3 Å². The predicted molar refractivity (Wildman–Crippen MR) is 109 cm³/mol. The molecular formula is C21H19FN6O3. The Hall–Kier alpha value is -4.08. The molecule has 10 heteroatoms. The average molecular weight is 422 g/mol. The lowest BCUT2D eigenvalue weighted by molar-refractivity contribution is -0.123. The first-order valence-electron chi connectivity index (χ1n) is 9.47. The summed E-state index contributed by atoms with van der Waals surface area (Å²) in [6.45, 7) is 1.74. The van der Waals surface area contributed by atoms with E-state index in [4.69, 9.17) is 16.0 Å². The summed E-state index contributed by atoms with van der Waals surface area (Å²) < 4.78 is 18.3. The lowest BCUT2D eigenvalue weighted by Gasteiger charge is -2.28. The molecule has 0 spiro atoms. The lowest BCUT2D eigenvalue weighted by Crippen LogP contribution is -2.39. The number of nitrogens with one attached hydrogen (secondary N) is 1. The summed E-state index contributed by atoms with van der Waals surface area (Å²) in [5.41, 5.74) is 14.0. The Morgan fingerprint density at radius 3 is 2.68 bits per heavy atom. The minimum Gasteiger partial charge on any atom is -0.383 e. The topological polar surface area (TPSA) is 149 Å². The number of nitrogens with two attached hydrogens (primary N) is 2. The highest BCUT2D eigenvalue weighted by atomic mass is 19.1. The third-order valence-electron chi connectivity index (χ3n) is 5.03. The van der Waals surface area contributed by atoms with E-state index < -0.39 is 17.9 Å². The molecular weight excluding hydrogens is 403 g/mol. The minimum atomic E-state index is -0.848. The smallest absolute Gasteiger partial charge is 0.315 e. The number of nitrogens with zero attached hydrogens (tertiary/aromatic N) is 3. The second kappa shape index (κ2) is 7.98. The SMILES string of the molecule is CC1N=C(N)c2cc(-c3cccc(F)c3)ccc2C1C(=O)NCc1noc(C(N)=O)n1. The number of carbonyl (C=O) groups excluding carboxylic acids is 2. The van der Waals surface area contributed by atoms with Crippen molar-refractivity contribution < 1.29 is 18.5 Å². The fourth-order valence-corrected chi connectivity index (χ4v) is 3.58. The summed E-state index contributed by atoms with van der Waals surface area (Å²) in [4.78, 5) is 32.2. The number of hydrogen-bond acceptors (Lipinski definition) is 7. The molecule has 2 unspecified atom stereocenters. The summed E-state index contributed by atoms with van der Waals surface area (Å²) in [7, 11) is 0. The number of halogens is 1. The molecule has 0 bridgehead atoms. The Morgan fingerprint density at radius 2 is 1.97 bits per heavy atom. The molecule has 0 fully saturated rings. The fourth-order valence-electron chi connectivity index (χ4n) is 3.58. The van der Waals surface area contributed by atoms with E-state index in [2.05, 4.69) is 20.4 Å². The van der Waals surface area contributed by atoms with Crippen LogP contribution in [0.15, 0.2) is 52.0 Å². The van der Waals surface area contributed by atoms with Crippen LogP contribution >= 0.6 is 0 Å². The third-order valence-corrected chi connectivity index (χ3v) is 5.03. The molecule has 0 aliphatic carbocycles. The van der Waals surface area contributed by atoms with Gasteiger partial charge in [0, 0.05) is 5.56 Å². The van der Waals surface area contributed by atoms with Crippen molar-refractivity contribution in [1.82, 2.24) is 15.5 Å². The van der Waals surface area contributed by atoms with Crippen LogP contribution in [0.25, 0.3) is 11.1 Å². The van der Waals surface area contributed by atoms with Gasteiger partial charge in [-0.25, -0.2) is 4.39 Å². The molecule has 0 saturated carbocycles. The number of aliphatic imine (C=N–C) groups is 1. The van der Waals surface area contributed by atoms with Gasteiger partial charge in [0.1, 0.15) is 11.7 Å². The van der Waals surface area contributed by atoms with E-state index in [1.165, 1.54) is 12.1 Å². The van der Waals surface area contributed by atoms with E-state index in [9.17, 15) is 14.0 Å². The Balaban J connectivity index is 1.59. The number of aromatic nitrogens is 2. The number of amides is 2. The number of rotatable bonds is 5. The molecule has 4 rings (SSSR count). The van der Waals surface area contributed by atoms with E-state index in [-0.39, 0.29) is 30.0 Å². The van der Waals surface area contributed by atoms with Gasteiger partial charge < -0.3 is 21.3 Å². The molecule has 1 aliphatic rings. The Bertz CT molecular complexity index is 1210. The molecule has 158 valence electrons. The number of hydrogen-bond donors (Lipinski definition) is 3. The zero-order chi connectivity index (χ0) is 22.1. The van der Waals surface area contributed by atoms with Crippen LogP contribution in [0.5, 0.6) is 0 Å². The quantitative estimate of drug-likeness (QED) is 0.567. The van der Waals surface area contributed by atoms with Gasteiger partial charge in [-0.3, -0.25) is 14.6 Å². The number of fused-ring (bicyclic) bond motifs is 1. The maximum atomic E-state index is 13.6. The van der Waals surface area contributed by atoms with Crippen molar-refractivity contribution >= 4 is 17.6 Å². The molecule has 0 radical (unpaired) electrons. The Labute approximate surface area is 176 Å². The molecule has 5 N–H and O–H groups in total. The first-order chi connectivity index (χ1) is 14.8. The number of amidine groups is 1. The van der Waals surface area contributed by atoms with Crippen molar-refractivity contribution in [2.75, 3.05) is 0 Å². The van der Waals surface area contributed by atoms with Gasteiger partial charge in [0.25, 0.3) is 0 Å². The largest absolute Gasteiger partial charge is 0.383 e. The maximum Gasteiger partial charge on any atom is 0.315 e. The number of benzene rings is 2. The molecule has 9 nitrogen and oxygen atoms in total. The lowest BCUT2D eigenvalue weighted by atomic mass is 9.84. The van der Waals surface area contributed by atoms with Gasteiger partial charge in [-0.05, 0) is 41.8 Å². The van der Waals surface area contributed by atoms with Crippen molar-refractivity contribution in [3.05, 3.63) is 71.1 Å². The molecule has 1 aliphatic heterocycles. The van der Waals surface area contributed by atoms with Gasteiger partial charge in [0.05, 0.1) is 18.5 Å². The van der Waals surface area contributed by atoms with Gasteiger partial charge >= 0.3 is 11.8 Å². The average Bonchev–Trinajstić information content (AvgIpc) is 3.21. The monoisotopic (exact) mass is 422 g/mol. The number of primary amides is 1. The van der Waals surface area contributed by atoms with E-state index in [0.29, 0.717) is 22.5 Å². The maximum absolute atomic E-state index is 13.6. The Kier molecular flexibility index (Phi) is 5.20. The van der Waals surface area contributed by atoms with Crippen LogP contribution < -0.4 is 16.8 Å². The molecule has 31 heavy (non-hydrogen) atoms. The summed E-state index contributed by atoms with van der Waals surface area (Å²) in [5, 5.41) is 6.33. The first kappa shape index (κ1) is 20.2. The van der Waals surface area contributed by atoms with E-state index in [0.717, 1.165) is 5.56 Å². The van der Waals surface area contributed by atoms with Crippen LogP contribution in [0.2, 0.25) is 0 Å². The van der Waals surface area contributed by atoms with Crippen LogP contribution in [0.3, 0.4) is 0 Å². The normalized spacial score (nSPS) is 17.5. The highest BCUT2D eigenvalue weighted by molar-refractivity contribution is 6.03. The van der Waals surface area contributed by atoms with Crippen molar-refractivity contribution in [3.8, 4) is 11.1 Å². The zero-order valence-corrected chi connectivity index (χ0v) is 16.5. The van der Waals surface area contributed by atoms with Crippen LogP contribution in [0.4, 0.5) is 4.39 Å². The fraction of sp³-hybridized carbons (Fsp3) is 0.190. The van der Waals surface area contributed by atoms with Gasteiger partial charge in [-0.2, -0.15) is 4.98 Å². The third kappa shape index (κ3) is 4.00. The molecule has 2 aromatic carbocycles. The van der Waals surface area contributed by atoms with Crippen molar-refractivity contribution in [2.24, 2.45) is 16.5 Å². The number of carbonyl (C=O) groups is 2. The van der Waals surface area contributed by atoms with Crippen molar-refractivity contribution in [1.29, 1.82) is 0 Å². The van der Waals surface area contributed by atoms with Gasteiger partial charge in [-0.15, -0.1) is 0 Å². The van der Waals surface area contributed by atoms with E-state index in [1.807, 2.05) is 6.07 Å². The van der Waals surface area contributed by atoms with Crippen LogP contribution in [0, 0.1) is 5.82 Å². The molecule has 3 aromatic rings. The Morgan fingerprint density at radius 1 is 1.19 bits per heavy atom. The summed E-state index contributed by atoms with van der Waals surface area (Å²) in [6, 6.07) is 11.2. The van der Waals surface area contributed by atoms with E-state index >= 15 is 0 Å². The second-order valence-corrected chi connectivity index (χ2v) is 7.14. The second-order valence-electron chi connectivity index (χ2n) is 7.14. The van der Waals surface area contributed by atoms with Gasteiger partial charge in [-0.1, -0.05) is 29.4 Å². The summed E-state index contributed by atoms with van der Waals surface area (Å²) in [5.74, 6) is -2.00.